The van der Waals surface area contributed by atoms with Crippen molar-refractivity contribution in [3.05, 3.63) is 41.5 Å². The molecule has 0 unspecified atom stereocenters. The number of imide groups is 1. The van der Waals surface area contributed by atoms with Gasteiger partial charge in [0.2, 0.25) is 0 Å². The normalized spacial score (nSPS) is 13.7. The van der Waals surface area contributed by atoms with E-state index >= 15 is 0 Å². The molecule has 0 aromatic heterocycles. The van der Waals surface area contributed by atoms with Crippen LogP contribution in [0.4, 0.5) is 5.69 Å². The fourth-order valence-corrected chi connectivity index (χ4v) is 3.19. The second-order valence-electron chi connectivity index (χ2n) is 5.88. The van der Waals surface area contributed by atoms with E-state index < -0.39 is 0 Å². The standard InChI is InChI=1S/C19H22N2O2/c1-3-5-6-12-20-16-11-10-15-17-13(16)8-7-9-14(17)18(22)21(4-2)19(15)23/h7-11,20H,3-6,12H2,1-2H3. The Kier molecular flexibility index (Phi) is 4.33. The van der Waals surface area contributed by atoms with Crippen LogP contribution in [-0.2, 0) is 0 Å². The molecule has 0 saturated carbocycles. The third kappa shape index (κ3) is 2.58. The van der Waals surface area contributed by atoms with Gasteiger partial charge in [-0.15, -0.1) is 0 Å². The quantitative estimate of drug-likeness (QED) is 0.646. The Balaban J connectivity index is 2.06. The molecule has 0 atom stereocenters. The molecule has 0 fully saturated rings. The lowest BCUT2D eigenvalue weighted by Gasteiger charge is -2.26. The van der Waals surface area contributed by atoms with Crippen LogP contribution in [0.1, 0.15) is 53.8 Å². The average molecular weight is 310 g/mol. The summed E-state index contributed by atoms with van der Waals surface area (Å²) in [5, 5.41) is 5.18. The number of anilines is 1. The first-order valence-electron chi connectivity index (χ1n) is 8.34. The zero-order valence-corrected chi connectivity index (χ0v) is 13.7. The summed E-state index contributed by atoms with van der Waals surface area (Å²) >= 11 is 0. The van der Waals surface area contributed by atoms with Crippen LogP contribution in [0, 0.1) is 0 Å². The predicted octanol–water partition coefficient (Wildman–Crippen LogP) is 4.06. The molecule has 1 N–H and O–H groups in total. The lowest BCUT2D eigenvalue weighted by atomic mass is 9.93. The van der Waals surface area contributed by atoms with Gasteiger partial charge < -0.3 is 5.32 Å². The summed E-state index contributed by atoms with van der Waals surface area (Å²) in [6, 6.07) is 9.47. The minimum atomic E-state index is -0.196. The largest absolute Gasteiger partial charge is 0.385 e. The Morgan fingerprint density at radius 1 is 0.957 bits per heavy atom. The molecular weight excluding hydrogens is 288 g/mol. The third-order valence-corrected chi connectivity index (χ3v) is 4.40. The van der Waals surface area contributed by atoms with Gasteiger partial charge in [-0.25, -0.2) is 0 Å². The number of nitrogens with one attached hydrogen (secondary N) is 1. The molecule has 2 aromatic rings. The highest BCUT2D eigenvalue weighted by atomic mass is 16.2. The first kappa shape index (κ1) is 15.5. The molecule has 120 valence electrons. The number of unbranched alkanes of at least 4 members (excludes halogenated alkanes) is 2. The molecule has 4 nitrogen and oxygen atoms in total. The van der Waals surface area contributed by atoms with E-state index in [1.807, 2.05) is 37.3 Å². The van der Waals surface area contributed by atoms with Gasteiger partial charge >= 0.3 is 0 Å². The van der Waals surface area contributed by atoms with Gasteiger partial charge in [-0.2, -0.15) is 0 Å². The molecule has 4 heteroatoms. The van der Waals surface area contributed by atoms with Crippen molar-refractivity contribution >= 4 is 28.3 Å². The van der Waals surface area contributed by atoms with Crippen molar-refractivity contribution in [2.24, 2.45) is 0 Å². The van der Waals surface area contributed by atoms with E-state index in [0.717, 1.165) is 29.4 Å². The van der Waals surface area contributed by atoms with Gasteiger partial charge in [0.25, 0.3) is 11.8 Å². The highest BCUT2D eigenvalue weighted by molar-refractivity contribution is 6.26. The Bertz CT molecular complexity index is 745. The first-order valence-corrected chi connectivity index (χ1v) is 8.34. The number of rotatable bonds is 6. The van der Waals surface area contributed by atoms with E-state index in [0.29, 0.717) is 17.7 Å². The van der Waals surface area contributed by atoms with Crippen LogP contribution >= 0.6 is 0 Å². The Labute approximate surface area is 136 Å². The summed E-state index contributed by atoms with van der Waals surface area (Å²) in [6.07, 6.45) is 3.49. The van der Waals surface area contributed by atoms with Crippen LogP contribution in [-0.4, -0.2) is 29.8 Å². The number of nitrogens with zero attached hydrogens (tertiary/aromatic N) is 1. The molecule has 3 rings (SSSR count). The summed E-state index contributed by atoms with van der Waals surface area (Å²) in [4.78, 5) is 26.4. The zero-order valence-electron chi connectivity index (χ0n) is 13.7. The van der Waals surface area contributed by atoms with E-state index in [1.165, 1.54) is 17.7 Å². The molecule has 0 saturated heterocycles. The SMILES string of the molecule is CCCCCNc1ccc2c3c(cccc13)C(=O)N(CC)C2=O. The zero-order chi connectivity index (χ0) is 16.4. The molecule has 2 amide bonds. The van der Waals surface area contributed by atoms with Gasteiger partial charge in [0.1, 0.15) is 0 Å². The number of amides is 2. The lowest BCUT2D eigenvalue weighted by molar-refractivity contribution is 0.0619. The maximum atomic E-state index is 12.5. The topological polar surface area (TPSA) is 49.4 Å². The number of carbonyl (C=O) groups is 2. The van der Waals surface area contributed by atoms with Crippen molar-refractivity contribution in [3.8, 4) is 0 Å². The van der Waals surface area contributed by atoms with E-state index in [1.54, 1.807) is 0 Å². The minimum absolute atomic E-state index is 0.196. The molecule has 0 bridgehead atoms. The van der Waals surface area contributed by atoms with Gasteiger partial charge in [0, 0.05) is 40.7 Å². The molecule has 1 heterocycles. The van der Waals surface area contributed by atoms with Crippen molar-refractivity contribution in [1.29, 1.82) is 0 Å². The summed E-state index contributed by atoms with van der Waals surface area (Å²) in [5.41, 5.74) is 2.24. The molecule has 0 spiro atoms. The highest BCUT2D eigenvalue weighted by Crippen LogP contribution is 2.34. The summed E-state index contributed by atoms with van der Waals surface area (Å²) in [7, 11) is 0. The van der Waals surface area contributed by atoms with E-state index in [4.69, 9.17) is 0 Å². The Morgan fingerprint density at radius 2 is 1.70 bits per heavy atom. The second-order valence-corrected chi connectivity index (χ2v) is 5.88. The summed E-state index contributed by atoms with van der Waals surface area (Å²) in [6.45, 7) is 5.30. The van der Waals surface area contributed by atoms with Gasteiger partial charge in [-0.1, -0.05) is 31.9 Å². The van der Waals surface area contributed by atoms with Crippen molar-refractivity contribution in [2.45, 2.75) is 33.1 Å². The van der Waals surface area contributed by atoms with E-state index in [-0.39, 0.29) is 11.8 Å². The number of benzene rings is 2. The molecule has 2 aromatic carbocycles. The number of carbonyl (C=O) groups excluding carboxylic acids is 2. The van der Waals surface area contributed by atoms with Crippen LogP contribution in [0.5, 0.6) is 0 Å². The lowest BCUT2D eigenvalue weighted by Crippen LogP contribution is -2.40. The Morgan fingerprint density at radius 3 is 2.39 bits per heavy atom. The molecule has 1 aliphatic rings. The molecule has 23 heavy (non-hydrogen) atoms. The minimum Gasteiger partial charge on any atom is -0.385 e. The van der Waals surface area contributed by atoms with Crippen LogP contribution in [0.3, 0.4) is 0 Å². The number of hydrogen-bond donors (Lipinski definition) is 1. The van der Waals surface area contributed by atoms with Gasteiger partial charge in [-0.05, 0) is 31.5 Å². The van der Waals surface area contributed by atoms with Crippen LogP contribution in [0.15, 0.2) is 30.3 Å². The molecular formula is C19H22N2O2. The maximum Gasteiger partial charge on any atom is 0.261 e. The predicted molar refractivity (Wildman–Crippen MR) is 93.0 cm³/mol. The Hall–Kier alpha value is -2.36. The van der Waals surface area contributed by atoms with E-state index in [9.17, 15) is 9.59 Å². The smallest absolute Gasteiger partial charge is 0.261 e. The van der Waals surface area contributed by atoms with Crippen LogP contribution in [0.25, 0.3) is 10.8 Å². The average Bonchev–Trinajstić information content (AvgIpc) is 2.57. The second kappa shape index (κ2) is 6.41. The van der Waals surface area contributed by atoms with Gasteiger partial charge in [0.05, 0.1) is 0 Å². The monoisotopic (exact) mass is 310 g/mol. The summed E-state index contributed by atoms with van der Waals surface area (Å²) < 4.78 is 0. The molecule has 0 aliphatic carbocycles. The van der Waals surface area contributed by atoms with Gasteiger partial charge in [-0.3, -0.25) is 14.5 Å². The summed E-state index contributed by atoms with van der Waals surface area (Å²) in [5.74, 6) is -0.391. The van der Waals surface area contributed by atoms with Crippen molar-refractivity contribution in [2.75, 3.05) is 18.4 Å². The van der Waals surface area contributed by atoms with Crippen molar-refractivity contribution in [1.82, 2.24) is 4.90 Å². The maximum absolute atomic E-state index is 12.5. The van der Waals surface area contributed by atoms with Crippen molar-refractivity contribution in [3.63, 3.8) is 0 Å². The third-order valence-electron chi connectivity index (χ3n) is 4.40. The fraction of sp³-hybridized carbons (Fsp3) is 0.368. The van der Waals surface area contributed by atoms with Gasteiger partial charge in [0.15, 0.2) is 0 Å². The molecule has 0 radical (unpaired) electrons. The van der Waals surface area contributed by atoms with Crippen LogP contribution in [0.2, 0.25) is 0 Å². The van der Waals surface area contributed by atoms with E-state index in [2.05, 4.69) is 12.2 Å². The van der Waals surface area contributed by atoms with Crippen LogP contribution < -0.4 is 5.32 Å². The van der Waals surface area contributed by atoms with Crippen molar-refractivity contribution < 1.29 is 9.59 Å². The highest BCUT2D eigenvalue weighted by Gasteiger charge is 2.31. The number of hydrogen-bond acceptors (Lipinski definition) is 3. The first-order chi connectivity index (χ1) is 11.2. The fourth-order valence-electron chi connectivity index (χ4n) is 3.19. The molecule has 1 aliphatic heterocycles.